The van der Waals surface area contributed by atoms with Crippen molar-refractivity contribution in [2.75, 3.05) is 11.9 Å². The largest absolute Gasteiger partial charge is 0.376 e. The van der Waals surface area contributed by atoms with Crippen LogP contribution in [0.5, 0.6) is 0 Å². The molecule has 0 aliphatic carbocycles. The zero-order chi connectivity index (χ0) is 15.3. The van der Waals surface area contributed by atoms with Gasteiger partial charge in [-0.2, -0.15) is 5.26 Å². The van der Waals surface area contributed by atoms with E-state index in [1.165, 1.54) is 0 Å². The van der Waals surface area contributed by atoms with E-state index in [0.29, 0.717) is 0 Å². The molecule has 0 aliphatic heterocycles. The van der Waals surface area contributed by atoms with Crippen LogP contribution in [0, 0.1) is 31.1 Å². The van der Waals surface area contributed by atoms with E-state index in [1.807, 2.05) is 45.9 Å². The van der Waals surface area contributed by atoms with E-state index in [-0.39, 0.29) is 18.4 Å². The normalized spacial score (nSPS) is 13.4. The second-order valence-electron chi connectivity index (χ2n) is 5.69. The molecular formula is C16H23N3O. The van der Waals surface area contributed by atoms with Gasteiger partial charge in [-0.3, -0.25) is 4.79 Å². The summed E-state index contributed by atoms with van der Waals surface area (Å²) in [5, 5.41) is 15.1. The third kappa shape index (κ3) is 3.99. The zero-order valence-electron chi connectivity index (χ0n) is 12.9. The van der Waals surface area contributed by atoms with E-state index in [0.717, 1.165) is 16.8 Å². The summed E-state index contributed by atoms with van der Waals surface area (Å²) in [6, 6.07) is 8.23. The fourth-order valence-corrected chi connectivity index (χ4v) is 1.74. The Morgan fingerprint density at radius 2 is 2.05 bits per heavy atom. The van der Waals surface area contributed by atoms with Gasteiger partial charge in [0.05, 0.1) is 12.6 Å². The standard InChI is InChI=1S/C16H23N3O/c1-11(2)16(5,10-17)19-15(20)9-18-14-8-12(3)6-7-13(14)4/h6-8,11,18H,9H2,1-5H3,(H,19,20)/t16-/m0/s1. The molecular weight excluding hydrogens is 250 g/mol. The molecule has 108 valence electrons. The number of nitriles is 1. The maximum atomic E-state index is 12.0. The summed E-state index contributed by atoms with van der Waals surface area (Å²) < 4.78 is 0. The lowest BCUT2D eigenvalue weighted by molar-refractivity contribution is -0.121. The SMILES string of the molecule is Cc1ccc(C)c(NCC(=O)N[C@@](C)(C#N)C(C)C)c1. The van der Waals surface area contributed by atoms with Crippen molar-refractivity contribution in [2.45, 2.75) is 40.2 Å². The molecule has 0 fully saturated rings. The van der Waals surface area contributed by atoms with Gasteiger partial charge in [0.2, 0.25) is 5.91 Å². The van der Waals surface area contributed by atoms with Crippen LogP contribution in [0.4, 0.5) is 5.69 Å². The molecule has 1 amide bonds. The Morgan fingerprint density at radius 1 is 1.40 bits per heavy atom. The lowest BCUT2D eigenvalue weighted by Crippen LogP contribution is -2.50. The van der Waals surface area contributed by atoms with E-state index in [1.54, 1.807) is 6.92 Å². The van der Waals surface area contributed by atoms with Gasteiger partial charge in [-0.15, -0.1) is 0 Å². The Kier molecular flexibility index (Phi) is 5.15. The Morgan fingerprint density at radius 3 is 2.60 bits per heavy atom. The number of benzene rings is 1. The van der Waals surface area contributed by atoms with Crippen molar-refractivity contribution >= 4 is 11.6 Å². The summed E-state index contributed by atoms with van der Waals surface area (Å²) in [4.78, 5) is 12.0. The van der Waals surface area contributed by atoms with Gasteiger partial charge in [0.15, 0.2) is 0 Å². The Labute approximate surface area is 121 Å². The molecule has 4 heteroatoms. The topological polar surface area (TPSA) is 64.9 Å². The van der Waals surface area contributed by atoms with Gasteiger partial charge in [-0.25, -0.2) is 0 Å². The quantitative estimate of drug-likeness (QED) is 0.867. The number of nitrogens with one attached hydrogen (secondary N) is 2. The number of carbonyl (C=O) groups excluding carboxylic acids is 1. The molecule has 0 aromatic heterocycles. The predicted molar refractivity (Wildman–Crippen MR) is 81.4 cm³/mol. The molecule has 0 saturated heterocycles. The molecule has 0 saturated carbocycles. The first-order valence-electron chi connectivity index (χ1n) is 6.82. The summed E-state index contributed by atoms with van der Waals surface area (Å²) in [7, 11) is 0. The van der Waals surface area contributed by atoms with E-state index < -0.39 is 5.54 Å². The molecule has 1 rings (SSSR count). The first-order chi connectivity index (χ1) is 9.28. The smallest absolute Gasteiger partial charge is 0.240 e. The fourth-order valence-electron chi connectivity index (χ4n) is 1.74. The number of hydrogen-bond donors (Lipinski definition) is 2. The number of carbonyl (C=O) groups is 1. The van der Waals surface area contributed by atoms with Crippen molar-refractivity contribution in [3.8, 4) is 6.07 Å². The molecule has 0 spiro atoms. The number of hydrogen-bond acceptors (Lipinski definition) is 3. The van der Waals surface area contributed by atoms with Crippen LogP contribution in [0.15, 0.2) is 18.2 Å². The molecule has 0 aliphatic rings. The summed E-state index contributed by atoms with van der Waals surface area (Å²) >= 11 is 0. The zero-order valence-corrected chi connectivity index (χ0v) is 12.9. The summed E-state index contributed by atoms with van der Waals surface area (Å²) in [6.07, 6.45) is 0. The van der Waals surface area contributed by atoms with Crippen molar-refractivity contribution in [3.63, 3.8) is 0 Å². The number of rotatable bonds is 5. The predicted octanol–water partition coefficient (Wildman–Crippen LogP) is 2.77. The van der Waals surface area contributed by atoms with Crippen LogP contribution < -0.4 is 10.6 Å². The molecule has 0 bridgehead atoms. The van der Waals surface area contributed by atoms with Crippen molar-refractivity contribution in [2.24, 2.45) is 5.92 Å². The highest BCUT2D eigenvalue weighted by Gasteiger charge is 2.29. The third-order valence-electron chi connectivity index (χ3n) is 3.62. The van der Waals surface area contributed by atoms with E-state index in [9.17, 15) is 10.1 Å². The number of aryl methyl sites for hydroxylation is 2. The van der Waals surface area contributed by atoms with Crippen LogP contribution in [0.2, 0.25) is 0 Å². The van der Waals surface area contributed by atoms with Crippen LogP contribution in [0.25, 0.3) is 0 Å². The van der Waals surface area contributed by atoms with E-state index in [4.69, 9.17) is 0 Å². The van der Waals surface area contributed by atoms with Crippen LogP contribution in [0.1, 0.15) is 31.9 Å². The van der Waals surface area contributed by atoms with Crippen LogP contribution >= 0.6 is 0 Å². The van der Waals surface area contributed by atoms with Crippen LogP contribution in [-0.2, 0) is 4.79 Å². The Bertz CT molecular complexity index is 531. The first-order valence-corrected chi connectivity index (χ1v) is 6.82. The number of nitrogens with zero attached hydrogens (tertiary/aromatic N) is 1. The highest BCUT2D eigenvalue weighted by atomic mass is 16.2. The van der Waals surface area contributed by atoms with Crippen molar-refractivity contribution in [3.05, 3.63) is 29.3 Å². The van der Waals surface area contributed by atoms with Gasteiger partial charge in [-0.1, -0.05) is 26.0 Å². The van der Waals surface area contributed by atoms with Gasteiger partial charge in [0.1, 0.15) is 5.54 Å². The molecule has 20 heavy (non-hydrogen) atoms. The highest BCUT2D eigenvalue weighted by Crippen LogP contribution is 2.17. The van der Waals surface area contributed by atoms with E-state index >= 15 is 0 Å². The second-order valence-corrected chi connectivity index (χ2v) is 5.69. The number of anilines is 1. The molecule has 0 unspecified atom stereocenters. The average molecular weight is 273 g/mol. The molecule has 0 radical (unpaired) electrons. The van der Waals surface area contributed by atoms with Crippen molar-refractivity contribution in [1.29, 1.82) is 5.26 Å². The van der Waals surface area contributed by atoms with Gasteiger partial charge in [-0.05, 0) is 43.9 Å². The number of amides is 1. The summed E-state index contributed by atoms with van der Waals surface area (Å²) in [5.74, 6) is -0.124. The summed E-state index contributed by atoms with van der Waals surface area (Å²) in [5.41, 5.74) is 2.35. The maximum Gasteiger partial charge on any atom is 0.240 e. The van der Waals surface area contributed by atoms with E-state index in [2.05, 4.69) is 16.7 Å². The average Bonchev–Trinajstić information content (AvgIpc) is 2.39. The molecule has 0 heterocycles. The van der Waals surface area contributed by atoms with Gasteiger partial charge in [0, 0.05) is 5.69 Å². The molecule has 2 N–H and O–H groups in total. The highest BCUT2D eigenvalue weighted by molar-refractivity contribution is 5.82. The van der Waals surface area contributed by atoms with Crippen LogP contribution in [-0.4, -0.2) is 18.0 Å². The Hall–Kier alpha value is -2.02. The Balaban J connectivity index is 2.65. The first kappa shape index (κ1) is 16.0. The summed E-state index contributed by atoms with van der Waals surface area (Å²) in [6.45, 7) is 9.74. The third-order valence-corrected chi connectivity index (χ3v) is 3.62. The molecule has 1 aromatic rings. The molecule has 4 nitrogen and oxygen atoms in total. The van der Waals surface area contributed by atoms with Crippen molar-refractivity contribution in [1.82, 2.24) is 5.32 Å². The monoisotopic (exact) mass is 273 g/mol. The minimum absolute atomic E-state index is 0.0529. The lowest BCUT2D eigenvalue weighted by Gasteiger charge is -2.27. The van der Waals surface area contributed by atoms with Gasteiger partial charge < -0.3 is 10.6 Å². The second kappa shape index (κ2) is 6.42. The minimum atomic E-state index is -0.833. The fraction of sp³-hybridized carbons (Fsp3) is 0.500. The molecule has 1 aromatic carbocycles. The van der Waals surface area contributed by atoms with Gasteiger partial charge >= 0.3 is 0 Å². The van der Waals surface area contributed by atoms with Gasteiger partial charge in [0.25, 0.3) is 0 Å². The van der Waals surface area contributed by atoms with Crippen LogP contribution in [0.3, 0.4) is 0 Å². The maximum absolute atomic E-state index is 12.0. The van der Waals surface area contributed by atoms with Crippen molar-refractivity contribution < 1.29 is 4.79 Å². The molecule has 1 atom stereocenters. The minimum Gasteiger partial charge on any atom is -0.376 e. The lowest BCUT2D eigenvalue weighted by atomic mass is 9.90.